The van der Waals surface area contributed by atoms with Gasteiger partial charge in [0.05, 0.1) is 17.3 Å². The highest BCUT2D eigenvalue weighted by Crippen LogP contribution is 2.30. The number of fused-ring (bicyclic) bond motifs is 1. The lowest BCUT2D eigenvalue weighted by Crippen LogP contribution is -2.05. The number of H-pyrrole nitrogens is 1. The minimum atomic E-state index is -1.61. The van der Waals surface area contributed by atoms with E-state index in [1.54, 1.807) is 0 Å². The maximum atomic E-state index is 13.3. The molecule has 0 atom stereocenters. The summed E-state index contributed by atoms with van der Waals surface area (Å²) in [5.41, 5.74) is 0.683. The van der Waals surface area contributed by atoms with E-state index >= 15 is 0 Å². The van der Waals surface area contributed by atoms with Crippen LogP contribution in [0.3, 0.4) is 0 Å². The van der Waals surface area contributed by atoms with E-state index in [1.807, 2.05) is 13.8 Å². The zero-order valence-corrected chi connectivity index (χ0v) is 9.57. The van der Waals surface area contributed by atoms with Crippen LogP contribution in [-0.4, -0.2) is 21.3 Å². The molecule has 1 aromatic carbocycles. The van der Waals surface area contributed by atoms with Crippen molar-refractivity contribution in [2.75, 3.05) is 0 Å². The third-order valence-corrected chi connectivity index (χ3v) is 2.33. The fourth-order valence-electron chi connectivity index (χ4n) is 1.68. The van der Waals surface area contributed by atoms with Gasteiger partial charge in [0.25, 0.3) is 0 Å². The van der Waals surface area contributed by atoms with Crippen LogP contribution in [0.5, 0.6) is 5.75 Å². The summed E-state index contributed by atoms with van der Waals surface area (Å²) >= 11 is 0. The molecule has 0 fully saturated rings. The zero-order chi connectivity index (χ0) is 12.6. The Morgan fingerprint density at radius 1 is 1.24 bits per heavy atom. The van der Waals surface area contributed by atoms with Crippen molar-refractivity contribution in [1.82, 2.24) is 4.98 Å². The maximum Gasteiger partial charge on any atom is 0.193 e. The highest BCUT2D eigenvalue weighted by atomic mass is 19.1. The van der Waals surface area contributed by atoms with Crippen molar-refractivity contribution in [3.63, 3.8) is 0 Å². The molecule has 0 saturated carbocycles. The van der Waals surface area contributed by atoms with Gasteiger partial charge in [-0.1, -0.05) is 0 Å². The third kappa shape index (κ3) is 2.40. The molecule has 0 radical (unpaired) electrons. The number of nitrogens with one attached hydrogen (secondary N) is 1. The van der Waals surface area contributed by atoms with E-state index in [0.29, 0.717) is 16.7 Å². The normalized spacial score (nSPS) is 11.7. The first-order valence-electron chi connectivity index (χ1n) is 5.32. The number of aromatic nitrogens is 1. The molecular weight excluding hydrogens is 225 g/mol. The molecule has 0 saturated heterocycles. The standard InChI is InChI=1S/C12H14FNO3/c1-6(2)17-11-4-7(13)3-9-8(11)5-10(14-9)12(15)16/h3-6,12,14-16H,1-2H3. The van der Waals surface area contributed by atoms with E-state index in [4.69, 9.17) is 14.9 Å². The number of benzene rings is 1. The first kappa shape index (κ1) is 11.9. The Bertz CT molecular complexity index is 534. The molecule has 0 spiro atoms. The van der Waals surface area contributed by atoms with Crippen LogP contribution in [0.15, 0.2) is 18.2 Å². The first-order chi connectivity index (χ1) is 7.97. The molecule has 0 aliphatic carbocycles. The quantitative estimate of drug-likeness (QED) is 0.718. The second kappa shape index (κ2) is 4.35. The van der Waals surface area contributed by atoms with Crippen molar-refractivity contribution < 1.29 is 19.3 Å². The van der Waals surface area contributed by atoms with Gasteiger partial charge in [0.2, 0.25) is 0 Å². The minimum absolute atomic E-state index is 0.0857. The van der Waals surface area contributed by atoms with Crippen LogP contribution in [0.25, 0.3) is 10.9 Å². The highest BCUT2D eigenvalue weighted by Gasteiger charge is 2.13. The number of ether oxygens (including phenoxy) is 1. The molecule has 3 N–H and O–H groups in total. The predicted octanol–water partition coefficient (Wildman–Crippen LogP) is 2.08. The summed E-state index contributed by atoms with van der Waals surface area (Å²) in [5, 5.41) is 18.7. The monoisotopic (exact) mass is 239 g/mol. The Labute approximate surface area is 97.6 Å². The molecule has 92 valence electrons. The van der Waals surface area contributed by atoms with Gasteiger partial charge in [-0.3, -0.25) is 0 Å². The molecule has 0 unspecified atom stereocenters. The van der Waals surface area contributed by atoms with Gasteiger partial charge in [-0.15, -0.1) is 0 Å². The van der Waals surface area contributed by atoms with Gasteiger partial charge in [0.1, 0.15) is 11.6 Å². The van der Waals surface area contributed by atoms with Crippen molar-refractivity contribution in [2.45, 2.75) is 26.2 Å². The largest absolute Gasteiger partial charge is 0.490 e. The average Bonchev–Trinajstić information content (AvgIpc) is 2.60. The summed E-state index contributed by atoms with van der Waals surface area (Å²) < 4.78 is 18.8. The summed E-state index contributed by atoms with van der Waals surface area (Å²) in [6, 6.07) is 4.11. The van der Waals surface area contributed by atoms with Crippen molar-refractivity contribution in [3.8, 4) is 5.75 Å². The first-order valence-corrected chi connectivity index (χ1v) is 5.32. The molecule has 0 aliphatic heterocycles. The highest BCUT2D eigenvalue weighted by molar-refractivity contribution is 5.86. The van der Waals surface area contributed by atoms with Crippen LogP contribution in [-0.2, 0) is 0 Å². The fraction of sp³-hybridized carbons (Fsp3) is 0.333. The number of rotatable bonds is 3. The molecule has 1 aromatic heterocycles. The number of hydrogen-bond donors (Lipinski definition) is 3. The molecule has 2 rings (SSSR count). The predicted molar refractivity (Wildman–Crippen MR) is 61.2 cm³/mol. The van der Waals surface area contributed by atoms with E-state index in [-0.39, 0.29) is 11.8 Å². The van der Waals surface area contributed by atoms with E-state index in [1.165, 1.54) is 18.2 Å². The van der Waals surface area contributed by atoms with Crippen LogP contribution in [0, 0.1) is 5.82 Å². The summed E-state index contributed by atoms with van der Waals surface area (Å²) in [7, 11) is 0. The van der Waals surface area contributed by atoms with Gasteiger partial charge in [0.15, 0.2) is 6.29 Å². The Kier molecular flexibility index (Phi) is 3.04. The van der Waals surface area contributed by atoms with Crippen molar-refractivity contribution >= 4 is 10.9 Å². The Morgan fingerprint density at radius 3 is 2.53 bits per heavy atom. The zero-order valence-electron chi connectivity index (χ0n) is 9.57. The van der Waals surface area contributed by atoms with Crippen LogP contribution in [0.2, 0.25) is 0 Å². The lowest BCUT2D eigenvalue weighted by Gasteiger charge is -2.10. The summed E-state index contributed by atoms with van der Waals surface area (Å²) in [6.07, 6.45) is -1.70. The average molecular weight is 239 g/mol. The van der Waals surface area contributed by atoms with Gasteiger partial charge in [-0.2, -0.15) is 0 Å². The third-order valence-electron chi connectivity index (χ3n) is 2.33. The van der Waals surface area contributed by atoms with E-state index < -0.39 is 12.1 Å². The Morgan fingerprint density at radius 2 is 1.94 bits per heavy atom. The number of aliphatic hydroxyl groups is 2. The summed E-state index contributed by atoms with van der Waals surface area (Å²) in [6.45, 7) is 3.68. The number of halogens is 1. The number of aromatic amines is 1. The second-order valence-corrected chi connectivity index (χ2v) is 4.13. The molecule has 0 aliphatic rings. The van der Waals surface area contributed by atoms with E-state index in [9.17, 15) is 4.39 Å². The van der Waals surface area contributed by atoms with Gasteiger partial charge in [0, 0.05) is 11.5 Å². The molecule has 0 amide bonds. The van der Waals surface area contributed by atoms with E-state index in [0.717, 1.165) is 0 Å². The Balaban J connectivity index is 2.57. The van der Waals surface area contributed by atoms with Crippen LogP contribution in [0.4, 0.5) is 4.39 Å². The molecule has 4 nitrogen and oxygen atoms in total. The van der Waals surface area contributed by atoms with Crippen molar-refractivity contribution in [3.05, 3.63) is 29.7 Å². The molecule has 0 bridgehead atoms. The van der Waals surface area contributed by atoms with Crippen molar-refractivity contribution in [2.24, 2.45) is 0 Å². The van der Waals surface area contributed by atoms with Gasteiger partial charge in [-0.05, 0) is 26.0 Å². The van der Waals surface area contributed by atoms with Gasteiger partial charge >= 0.3 is 0 Å². The topological polar surface area (TPSA) is 65.5 Å². The van der Waals surface area contributed by atoms with Crippen molar-refractivity contribution in [1.29, 1.82) is 0 Å². The lowest BCUT2D eigenvalue weighted by atomic mass is 10.2. The van der Waals surface area contributed by atoms with Crippen LogP contribution >= 0.6 is 0 Å². The Hall–Kier alpha value is -1.59. The maximum absolute atomic E-state index is 13.3. The van der Waals surface area contributed by atoms with Gasteiger partial charge in [-0.25, -0.2) is 4.39 Å². The molecule has 5 heteroatoms. The molecular formula is C12H14FNO3. The van der Waals surface area contributed by atoms with Gasteiger partial charge < -0.3 is 19.9 Å². The fourth-order valence-corrected chi connectivity index (χ4v) is 1.68. The van der Waals surface area contributed by atoms with Crippen LogP contribution < -0.4 is 4.74 Å². The molecule has 17 heavy (non-hydrogen) atoms. The SMILES string of the molecule is CC(C)Oc1cc(F)cc2[nH]c(C(O)O)cc12. The van der Waals surface area contributed by atoms with E-state index in [2.05, 4.69) is 4.98 Å². The summed E-state index contributed by atoms with van der Waals surface area (Å²) in [4.78, 5) is 2.73. The summed E-state index contributed by atoms with van der Waals surface area (Å²) in [5.74, 6) is -0.0490. The molecule has 1 heterocycles. The number of aliphatic hydroxyl groups excluding tert-OH is 1. The number of hydrogen-bond acceptors (Lipinski definition) is 3. The van der Waals surface area contributed by atoms with Crippen LogP contribution in [0.1, 0.15) is 25.8 Å². The second-order valence-electron chi connectivity index (χ2n) is 4.13. The smallest absolute Gasteiger partial charge is 0.193 e. The lowest BCUT2D eigenvalue weighted by molar-refractivity contribution is -0.0453. The minimum Gasteiger partial charge on any atom is -0.490 e. The molecule has 2 aromatic rings.